The minimum Gasteiger partial charge on any atom is -0.497 e. The molecule has 0 spiro atoms. The van der Waals surface area contributed by atoms with Crippen molar-refractivity contribution in [2.45, 2.75) is 32.2 Å². The van der Waals surface area contributed by atoms with Gasteiger partial charge in [-0.15, -0.1) is 0 Å². The fourth-order valence-corrected chi connectivity index (χ4v) is 1.61. The van der Waals surface area contributed by atoms with Crippen molar-refractivity contribution in [2.75, 3.05) is 26.9 Å². The number of hydrogen-bond donors (Lipinski definition) is 3. The van der Waals surface area contributed by atoms with E-state index in [0.29, 0.717) is 36.4 Å². The van der Waals surface area contributed by atoms with E-state index in [4.69, 9.17) is 24.1 Å². The van der Waals surface area contributed by atoms with Gasteiger partial charge >= 0.3 is 12.1 Å². The zero-order valence-corrected chi connectivity index (χ0v) is 16.0. The van der Waals surface area contributed by atoms with Gasteiger partial charge in [0.2, 0.25) is 0 Å². The molecule has 0 aromatic heterocycles. The summed E-state index contributed by atoms with van der Waals surface area (Å²) in [4.78, 5) is 8.90. The third-order valence-corrected chi connectivity index (χ3v) is 2.94. The molecule has 0 bridgehead atoms. The number of aliphatic hydroxyl groups is 1. The molecule has 7 nitrogen and oxygen atoms in total. The predicted octanol–water partition coefficient (Wildman–Crippen LogP) is 2.63. The number of aliphatic carboxylic acids is 1. The highest BCUT2D eigenvalue weighted by atomic mass is 19.4. The van der Waals surface area contributed by atoms with Gasteiger partial charge in [0.05, 0.1) is 7.11 Å². The smallest absolute Gasteiger partial charge is 0.490 e. The van der Waals surface area contributed by atoms with E-state index in [1.165, 1.54) is 0 Å². The summed E-state index contributed by atoms with van der Waals surface area (Å²) < 4.78 is 48.1. The Kier molecular flexibility index (Phi) is 11.7. The maximum atomic E-state index is 10.6. The van der Waals surface area contributed by atoms with Gasteiger partial charge in [-0.25, -0.2) is 4.79 Å². The van der Waals surface area contributed by atoms with Crippen molar-refractivity contribution >= 4 is 5.97 Å². The van der Waals surface area contributed by atoms with Crippen LogP contribution in [0.1, 0.15) is 13.8 Å². The quantitative estimate of drug-likeness (QED) is 0.511. The Hall–Kier alpha value is -2.46. The lowest BCUT2D eigenvalue weighted by Crippen LogP contribution is -2.35. The van der Waals surface area contributed by atoms with Crippen molar-refractivity contribution in [3.63, 3.8) is 0 Å². The average Bonchev–Trinajstić information content (AvgIpc) is 2.62. The maximum absolute atomic E-state index is 10.6. The van der Waals surface area contributed by atoms with Crippen LogP contribution in [-0.2, 0) is 4.79 Å². The molecule has 3 N–H and O–H groups in total. The highest BCUT2D eigenvalue weighted by molar-refractivity contribution is 5.73. The van der Waals surface area contributed by atoms with E-state index in [0.717, 1.165) is 0 Å². The van der Waals surface area contributed by atoms with E-state index < -0.39 is 18.2 Å². The third kappa shape index (κ3) is 11.3. The molecule has 1 aromatic rings. The molecular weight excluding hydrogens is 383 g/mol. The number of carboxylic acid groups (broad SMARTS) is 1. The first-order valence-electron chi connectivity index (χ1n) is 8.27. The summed E-state index contributed by atoms with van der Waals surface area (Å²) in [6.07, 6.45) is -4.01. The zero-order chi connectivity index (χ0) is 21.7. The lowest BCUT2D eigenvalue weighted by atomic mass is 10.3. The molecule has 0 radical (unpaired) electrons. The first kappa shape index (κ1) is 25.5. The number of hydrogen-bond acceptors (Lipinski definition) is 6. The molecule has 0 saturated carbocycles. The molecule has 0 aliphatic rings. The first-order valence-corrected chi connectivity index (χ1v) is 8.27. The molecular formula is C18H26F3NO6. The average molecular weight is 409 g/mol. The number of carboxylic acids is 1. The van der Waals surface area contributed by atoms with Crippen molar-refractivity contribution in [1.29, 1.82) is 0 Å². The molecule has 0 amide bonds. The van der Waals surface area contributed by atoms with Gasteiger partial charge in [-0.05, 0) is 12.1 Å². The van der Waals surface area contributed by atoms with Gasteiger partial charge in [-0.3, -0.25) is 0 Å². The standard InChI is InChI=1S/C16H25NO4.C2HF3O2/c1-5-8-20-16-9-14(19-4)6-7-15(16)21-11-13(18)10-17-12(2)3;3-2(4,5)1(6)7/h5-7,9,12-13,17-18H,1,8,10-11H2,2-4H3;(H,6,7). The Morgan fingerprint density at radius 1 is 1.29 bits per heavy atom. The molecule has 0 aliphatic carbocycles. The van der Waals surface area contributed by atoms with E-state index in [1.54, 1.807) is 31.4 Å². The van der Waals surface area contributed by atoms with Crippen LogP contribution in [0.25, 0.3) is 0 Å². The molecule has 0 heterocycles. The van der Waals surface area contributed by atoms with Crippen LogP contribution in [0.5, 0.6) is 17.2 Å². The summed E-state index contributed by atoms with van der Waals surface area (Å²) in [7, 11) is 1.59. The fraction of sp³-hybridized carbons (Fsp3) is 0.500. The Labute approximate surface area is 161 Å². The van der Waals surface area contributed by atoms with Crippen molar-refractivity contribution in [3.05, 3.63) is 30.9 Å². The van der Waals surface area contributed by atoms with Crippen molar-refractivity contribution < 1.29 is 42.4 Å². The molecule has 1 unspecified atom stereocenters. The van der Waals surface area contributed by atoms with Gasteiger partial charge in [-0.1, -0.05) is 26.5 Å². The van der Waals surface area contributed by atoms with E-state index in [1.807, 2.05) is 13.8 Å². The Bertz CT molecular complexity index is 607. The van der Waals surface area contributed by atoms with Gasteiger partial charge in [0.1, 0.15) is 25.1 Å². The summed E-state index contributed by atoms with van der Waals surface area (Å²) >= 11 is 0. The molecule has 0 saturated heterocycles. The molecule has 1 aromatic carbocycles. The summed E-state index contributed by atoms with van der Waals surface area (Å²) in [6.45, 7) is 8.72. The van der Waals surface area contributed by atoms with Crippen LogP contribution >= 0.6 is 0 Å². The predicted molar refractivity (Wildman–Crippen MR) is 97.0 cm³/mol. The van der Waals surface area contributed by atoms with E-state index in [9.17, 15) is 18.3 Å². The number of rotatable bonds is 10. The summed E-state index contributed by atoms with van der Waals surface area (Å²) in [6, 6.07) is 5.62. The molecule has 28 heavy (non-hydrogen) atoms. The highest BCUT2D eigenvalue weighted by Gasteiger charge is 2.38. The van der Waals surface area contributed by atoms with E-state index in [2.05, 4.69) is 11.9 Å². The second-order valence-electron chi connectivity index (χ2n) is 5.74. The second-order valence-corrected chi connectivity index (χ2v) is 5.74. The monoisotopic (exact) mass is 409 g/mol. The van der Waals surface area contributed by atoms with Gasteiger partial charge in [0.15, 0.2) is 11.5 Å². The van der Waals surface area contributed by atoms with Crippen LogP contribution in [0.2, 0.25) is 0 Å². The number of nitrogens with one attached hydrogen (secondary N) is 1. The number of methoxy groups -OCH3 is 1. The molecule has 0 fully saturated rings. The van der Waals surface area contributed by atoms with Crippen LogP contribution < -0.4 is 19.5 Å². The van der Waals surface area contributed by atoms with Crippen molar-refractivity contribution in [2.24, 2.45) is 0 Å². The summed E-state index contributed by atoms with van der Waals surface area (Å²) in [5, 5.41) is 20.1. The summed E-state index contributed by atoms with van der Waals surface area (Å²) in [5.41, 5.74) is 0. The topological polar surface area (TPSA) is 97.3 Å². The first-order chi connectivity index (χ1) is 13.0. The number of halogens is 3. The second kappa shape index (κ2) is 12.8. The number of alkyl halides is 3. The van der Waals surface area contributed by atoms with Crippen LogP contribution in [-0.4, -0.2) is 61.4 Å². The zero-order valence-electron chi connectivity index (χ0n) is 16.0. The minimum absolute atomic E-state index is 0.191. The molecule has 10 heteroatoms. The number of benzene rings is 1. The van der Waals surface area contributed by atoms with Crippen LogP contribution in [0.15, 0.2) is 30.9 Å². The largest absolute Gasteiger partial charge is 0.497 e. The fourth-order valence-electron chi connectivity index (χ4n) is 1.61. The molecule has 160 valence electrons. The number of carbonyl (C=O) groups is 1. The number of ether oxygens (including phenoxy) is 3. The molecule has 1 rings (SSSR count). The van der Waals surface area contributed by atoms with E-state index in [-0.39, 0.29) is 6.61 Å². The van der Waals surface area contributed by atoms with Crippen LogP contribution in [0, 0.1) is 0 Å². The van der Waals surface area contributed by atoms with Gasteiger partial charge in [0.25, 0.3) is 0 Å². The van der Waals surface area contributed by atoms with Crippen LogP contribution in [0.4, 0.5) is 13.2 Å². The maximum Gasteiger partial charge on any atom is 0.490 e. The Morgan fingerprint density at radius 3 is 2.36 bits per heavy atom. The van der Waals surface area contributed by atoms with Crippen molar-refractivity contribution in [1.82, 2.24) is 5.32 Å². The van der Waals surface area contributed by atoms with Gasteiger partial charge < -0.3 is 29.7 Å². The van der Waals surface area contributed by atoms with Crippen molar-refractivity contribution in [3.8, 4) is 17.2 Å². The van der Waals surface area contributed by atoms with Gasteiger partial charge in [-0.2, -0.15) is 13.2 Å². The van der Waals surface area contributed by atoms with E-state index >= 15 is 0 Å². The third-order valence-electron chi connectivity index (χ3n) is 2.94. The van der Waals surface area contributed by atoms with Gasteiger partial charge in [0, 0.05) is 18.7 Å². The Morgan fingerprint density at radius 2 is 1.89 bits per heavy atom. The highest BCUT2D eigenvalue weighted by Crippen LogP contribution is 2.31. The normalized spacial score (nSPS) is 11.9. The molecule has 1 atom stereocenters. The Balaban J connectivity index is 0.000000887. The summed E-state index contributed by atoms with van der Waals surface area (Å²) in [5.74, 6) is -0.935. The molecule has 0 aliphatic heterocycles. The lowest BCUT2D eigenvalue weighted by Gasteiger charge is -2.17. The van der Waals surface area contributed by atoms with Crippen LogP contribution in [0.3, 0.4) is 0 Å². The minimum atomic E-state index is -5.08. The number of aliphatic hydroxyl groups excluding tert-OH is 1. The SMILES string of the molecule is C=CCOc1cc(OC)ccc1OCC(O)CNC(C)C.O=C(O)C(F)(F)F. The lowest BCUT2D eigenvalue weighted by molar-refractivity contribution is -0.192.